The Morgan fingerprint density at radius 1 is 0.791 bits per heavy atom. The minimum absolute atomic E-state index is 0.125. The van der Waals surface area contributed by atoms with Crippen LogP contribution in [0.2, 0.25) is 0 Å². The Hall–Kier alpha value is -6.61. The molecule has 1 fully saturated rings. The fraction of sp³-hybridized carbons (Fsp3) is 0.298. The van der Waals surface area contributed by atoms with E-state index in [-0.39, 0.29) is 41.7 Å². The van der Waals surface area contributed by atoms with Crippen molar-refractivity contribution in [3.63, 3.8) is 0 Å². The van der Waals surface area contributed by atoms with Crippen LogP contribution in [0.1, 0.15) is 50.3 Å². The number of methoxy groups -OCH3 is 3. The van der Waals surface area contributed by atoms with E-state index in [9.17, 15) is 4.79 Å². The summed E-state index contributed by atoms with van der Waals surface area (Å²) in [6.07, 6.45) is -0.162. The van der Waals surface area contributed by atoms with E-state index in [4.69, 9.17) is 29.8 Å². The van der Waals surface area contributed by atoms with Gasteiger partial charge in [0.05, 0.1) is 59.8 Å². The molecule has 0 saturated heterocycles. The zero-order valence-electron chi connectivity index (χ0n) is 37.7. The summed E-state index contributed by atoms with van der Waals surface area (Å²) >= 11 is 1.25. The van der Waals surface area contributed by atoms with Crippen molar-refractivity contribution in [3.8, 4) is 39.8 Å². The van der Waals surface area contributed by atoms with Gasteiger partial charge in [-0.2, -0.15) is 9.10 Å². The van der Waals surface area contributed by atoms with E-state index in [1.807, 2.05) is 18.2 Å². The van der Waals surface area contributed by atoms with Crippen molar-refractivity contribution < 1.29 is 40.6 Å². The normalized spacial score (nSPS) is 13.7. The van der Waals surface area contributed by atoms with Crippen molar-refractivity contribution in [1.29, 1.82) is 0 Å². The Labute approximate surface area is 392 Å². The number of carbonyl (C=O) groups is 1. The molecule has 2 heterocycles. The summed E-state index contributed by atoms with van der Waals surface area (Å²) in [4.78, 5) is 17.9. The number of aromatic nitrogens is 5. The van der Waals surface area contributed by atoms with E-state index in [1.54, 1.807) is 101 Å². The molecule has 0 spiro atoms. The Balaban J connectivity index is 1.37. The number of ether oxygens (including phenoxy) is 4. The van der Waals surface area contributed by atoms with Gasteiger partial charge in [0.1, 0.15) is 27.7 Å². The van der Waals surface area contributed by atoms with Crippen molar-refractivity contribution in [1.82, 2.24) is 34.8 Å². The van der Waals surface area contributed by atoms with E-state index in [0.717, 1.165) is 5.56 Å². The highest BCUT2D eigenvalue weighted by Crippen LogP contribution is 2.46. The first-order valence-corrected chi connectivity index (χ1v) is 25.0. The average molecular weight is 967 g/mol. The molecule has 0 atom stereocenters. The van der Waals surface area contributed by atoms with Crippen LogP contribution in [-0.2, 0) is 44.2 Å². The Morgan fingerprint density at radius 2 is 1.36 bits per heavy atom. The highest BCUT2D eigenvalue weighted by Gasteiger charge is 2.50. The van der Waals surface area contributed by atoms with Crippen LogP contribution < -0.4 is 25.3 Å². The number of alkyl carbamates (subject to hydrolysis) is 1. The largest absolute Gasteiger partial charge is 0.497 e. The van der Waals surface area contributed by atoms with Crippen LogP contribution in [0.15, 0.2) is 113 Å². The van der Waals surface area contributed by atoms with Crippen LogP contribution >= 0.6 is 11.3 Å². The third kappa shape index (κ3) is 10.5. The van der Waals surface area contributed by atoms with Gasteiger partial charge in [-0.15, -0.1) is 10.2 Å². The van der Waals surface area contributed by atoms with Crippen LogP contribution in [0.4, 0.5) is 9.93 Å². The number of sulfone groups is 1. The number of tetrazole rings is 1. The minimum atomic E-state index is -4.93. The minimum Gasteiger partial charge on any atom is -0.497 e. The summed E-state index contributed by atoms with van der Waals surface area (Å²) < 4.78 is 86.4. The number of nitrogens with one attached hydrogen (secondary N) is 1. The summed E-state index contributed by atoms with van der Waals surface area (Å²) in [5, 5.41) is 16.6. The number of carbonyl (C=O) groups excluding carboxylic acids is 1. The molecule has 1 saturated carbocycles. The maximum absolute atomic E-state index is 16.2. The zero-order valence-corrected chi connectivity index (χ0v) is 40.2. The smallest absolute Gasteiger partial charge is 0.408 e. The van der Waals surface area contributed by atoms with Crippen molar-refractivity contribution >= 4 is 52.6 Å². The molecule has 20 heteroatoms. The van der Waals surface area contributed by atoms with Gasteiger partial charge in [-0.05, 0) is 110 Å². The predicted octanol–water partition coefficient (Wildman–Crippen LogP) is 7.50. The molecule has 0 unspecified atom stereocenters. The summed E-state index contributed by atoms with van der Waals surface area (Å²) in [6, 6.07) is 29.3. The van der Waals surface area contributed by atoms with Crippen LogP contribution in [-0.4, -0.2) is 90.6 Å². The number of amides is 1. The molecule has 2 aromatic heterocycles. The van der Waals surface area contributed by atoms with Gasteiger partial charge in [0, 0.05) is 18.7 Å². The first kappa shape index (κ1) is 46.9. The molecule has 7 aromatic rings. The highest BCUT2D eigenvalue weighted by molar-refractivity contribution is 7.93. The van der Waals surface area contributed by atoms with Gasteiger partial charge in [0.2, 0.25) is 15.8 Å². The lowest BCUT2D eigenvalue weighted by atomic mass is 9.98. The monoisotopic (exact) mass is 966 g/mol. The number of sulfonamides is 1. The number of benzene rings is 5. The molecule has 1 aliphatic carbocycles. The molecule has 8 rings (SSSR count). The molecular formula is C47H50N8O9S3. The van der Waals surface area contributed by atoms with Gasteiger partial charge in [-0.1, -0.05) is 65.9 Å². The van der Waals surface area contributed by atoms with Crippen molar-refractivity contribution in [2.75, 3.05) is 32.8 Å². The number of nitrogens with zero attached hydrogens (tertiary/aromatic N) is 6. The highest BCUT2D eigenvalue weighted by atomic mass is 32.2. The molecule has 3 N–H and O–H groups in total. The van der Waals surface area contributed by atoms with Crippen molar-refractivity contribution in [3.05, 3.63) is 120 Å². The fourth-order valence-corrected chi connectivity index (χ4v) is 12.7. The number of nitrogens with two attached hydrogens (primary N) is 1. The number of nitrogen functional groups attached to an aromatic ring is 1. The van der Waals surface area contributed by atoms with Crippen molar-refractivity contribution in [2.24, 2.45) is 0 Å². The number of hydrogen-bond donors (Lipinski definition) is 2. The summed E-state index contributed by atoms with van der Waals surface area (Å²) in [5.41, 5.74) is 7.18. The quantitative estimate of drug-likeness (QED) is 0.0903. The van der Waals surface area contributed by atoms with Gasteiger partial charge in [0.25, 0.3) is 0 Å². The van der Waals surface area contributed by atoms with Gasteiger partial charge in [-0.25, -0.2) is 26.6 Å². The third-order valence-electron chi connectivity index (χ3n) is 11.1. The van der Waals surface area contributed by atoms with E-state index >= 15 is 16.8 Å². The lowest BCUT2D eigenvalue weighted by molar-refractivity contribution is 0.0502. The molecule has 17 nitrogen and oxygen atoms in total. The second-order valence-electron chi connectivity index (χ2n) is 17.1. The molecule has 1 aliphatic rings. The lowest BCUT2D eigenvalue weighted by Crippen LogP contribution is -2.44. The second kappa shape index (κ2) is 18.6. The van der Waals surface area contributed by atoms with E-state index in [2.05, 4.69) is 20.6 Å². The van der Waals surface area contributed by atoms with E-state index in [0.29, 0.717) is 57.0 Å². The predicted molar refractivity (Wildman–Crippen MR) is 254 cm³/mol. The molecule has 5 aromatic carbocycles. The van der Waals surface area contributed by atoms with Crippen molar-refractivity contribution in [2.45, 2.75) is 74.2 Å². The van der Waals surface area contributed by atoms with Crippen LogP contribution in [0.25, 0.3) is 32.7 Å². The lowest BCUT2D eigenvalue weighted by Gasteiger charge is -2.27. The maximum Gasteiger partial charge on any atom is 0.408 e. The molecule has 350 valence electrons. The number of para-hydroxylation sites is 1. The summed E-state index contributed by atoms with van der Waals surface area (Å²) in [5.74, 6) is 0.972. The second-order valence-corrected chi connectivity index (χ2v) is 22.0. The third-order valence-corrected chi connectivity index (χ3v) is 15.9. The average Bonchev–Trinajstić information content (AvgIpc) is 3.65. The van der Waals surface area contributed by atoms with Crippen LogP contribution in [0, 0.1) is 0 Å². The topological polar surface area (TPSA) is 220 Å². The van der Waals surface area contributed by atoms with Gasteiger partial charge in [0.15, 0.2) is 15.0 Å². The molecule has 1 amide bonds. The summed E-state index contributed by atoms with van der Waals surface area (Å²) in [6.45, 7) is 4.85. The SMILES string of the molecule is COc1ccc(CN(Cc2ccc(OC)cc2)S(=O)(=O)c2c(S(=O)(=O)CC3(NC(=O)OC(C)(C)C)CC3)ccc(-c3cccc4sc(N)nc34)c2-c2nnn(Cc3ccc(OC)cc3)n2)cc1. The van der Waals surface area contributed by atoms with Crippen LogP contribution in [0.5, 0.6) is 17.2 Å². The number of hydrogen-bond acceptors (Lipinski definition) is 15. The van der Waals surface area contributed by atoms with E-state index < -0.39 is 52.6 Å². The molecule has 0 bridgehead atoms. The van der Waals surface area contributed by atoms with Crippen LogP contribution in [0.3, 0.4) is 0 Å². The molecular weight excluding hydrogens is 917 g/mol. The number of thiazole rings is 1. The summed E-state index contributed by atoms with van der Waals surface area (Å²) in [7, 11) is -4.92. The van der Waals surface area contributed by atoms with Gasteiger partial charge in [-0.3, -0.25) is 0 Å². The molecule has 67 heavy (non-hydrogen) atoms. The van der Waals surface area contributed by atoms with Gasteiger partial charge < -0.3 is 30.0 Å². The Bertz CT molecular complexity index is 3100. The zero-order chi connectivity index (χ0) is 47.7. The molecule has 0 radical (unpaired) electrons. The fourth-order valence-electron chi connectivity index (χ4n) is 7.64. The number of fused-ring (bicyclic) bond motifs is 1. The standard InChI is InChI=1S/C47H50N8O9S3/c1-46(2,3)64-45(56)50-47(24-25-47)29-66(57,58)39-23-22-36(37-8-7-9-38-41(37)49-44(48)65-38)40(43-51-53-55(52-43)28-32-14-20-35(63-6)21-15-32)42(39)67(59,60)54(26-30-10-16-33(61-4)17-11-30)27-31-12-18-34(62-5)19-13-31/h7-23H,24-29H2,1-6H3,(H2,48,49)(H,50,56). The van der Waals surface area contributed by atoms with Gasteiger partial charge >= 0.3 is 6.09 Å². The van der Waals surface area contributed by atoms with E-state index in [1.165, 1.54) is 46.8 Å². The molecule has 0 aliphatic heterocycles. The number of anilines is 1. The maximum atomic E-state index is 16.2. The Kier molecular flexibility index (Phi) is 13.0. The first-order chi connectivity index (χ1) is 31.9. The first-order valence-electron chi connectivity index (χ1n) is 21.1. The number of rotatable bonds is 17. The Morgan fingerprint density at radius 3 is 1.90 bits per heavy atom.